The highest BCUT2D eigenvalue weighted by atomic mass is 16.6. The molecule has 0 fully saturated rings. The fourth-order valence-corrected chi connectivity index (χ4v) is 3.78. The number of fused-ring (bicyclic) bond motifs is 2. The zero-order chi connectivity index (χ0) is 21.9. The van der Waals surface area contributed by atoms with Crippen LogP contribution in [0.1, 0.15) is 23.6 Å². The predicted molar refractivity (Wildman–Crippen MR) is 121 cm³/mol. The lowest BCUT2D eigenvalue weighted by atomic mass is 10.1. The third-order valence-corrected chi connectivity index (χ3v) is 5.37. The summed E-state index contributed by atoms with van der Waals surface area (Å²) in [7, 11) is 4.15. The van der Waals surface area contributed by atoms with Gasteiger partial charge in [0.1, 0.15) is 19.0 Å². The van der Waals surface area contributed by atoms with Gasteiger partial charge < -0.3 is 14.4 Å². The van der Waals surface area contributed by atoms with E-state index in [0.29, 0.717) is 19.6 Å². The summed E-state index contributed by atoms with van der Waals surface area (Å²) in [6.07, 6.45) is 6.27. The molecule has 0 saturated carbocycles. The summed E-state index contributed by atoms with van der Waals surface area (Å²) in [6, 6.07) is 11.9. The van der Waals surface area contributed by atoms with Crippen LogP contribution in [-0.4, -0.2) is 63.3 Å². The number of nitrogens with zero attached hydrogens (tertiary/aromatic N) is 6. The predicted octanol–water partition coefficient (Wildman–Crippen LogP) is 3.04. The van der Waals surface area contributed by atoms with Crippen LogP contribution in [-0.2, 0) is 12.8 Å². The minimum Gasteiger partial charge on any atom is -0.486 e. The number of hydrogen-bond acceptors (Lipinski definition) is 7. The van der Waals surface area contributed by atoms with Crippen molar-refractivity contribution in [1.82, 2.24) is 29.5 Å². The van der Waals surface area contributed by atoms with E-state index >= 15 is 0 Å². The average molecular weight is 431 g/mol. The Hall–Kier alpha value is -3.52. The van der Waals surface area contributed by atoms with Gasteiger partial charge in [-0.05, 0) is 63.0 Å². The van der Waals surface area contributed by atoms with E-state index in [4.69, 9.17) is 19.6 Å². The minimum atomic E-state index is 0.560. The van der Waals surface area contributed by atoms with Gasteiger partial charge in [0.25, 0.3) is 0 Å². The average Bonchev–Trinajstić information content (AvgIpc) is 3.22. The van der Waals surface area contributed by atoms with Crippen molar-refractivity contribution in [2.24, 2.45) is 0 Å². The summed E-state index contributed by atoms with van der Waals surface area (Å²) in [5, 5.41) is 4.76. The lowest BCUT2D eigenvalue weighted by molar-refractivity contribution is 0.171. The Bertz CT molecular complexity index is 1220. The molecule has 1 aromatic carbocycles. The summed E-state index contributed by atoms with van der Waals surface area (Å²) in [4.78, 5) is 15.9. The van der Waals surface area contributed by atoms with E-state index in [9.17, 15) is 0 Å². The zero-order valence-electron chi connectivity index (χ0n) is 18.4. The molecule has 1 aliphatic rings. The normalized spacial score (nSPS) is 13.1. The SMILES string of the molecule is CN(C)CCCc1ncc(Cc2nc3cccc(-c4ccc5c(c4)OCCO5)n3n2)cn1. The Morgan fingerprint density at radius 1 is 0.969 bits per heavy atom. The molecule has 32 heavy (non-hydrogen) atoms. The van der Waals surface area contributed by atoms with Crippen molar-refractivity contribution < 1.29 is 9.47 Å². The molecule has 1 aliphatic heterocycles. The van der Waals surface area contributed by atoms with E-state index in [1.165, 1.54) is 0 Å². The summed E-state index contributed by atoms with van der Waals surface area (Å²) in [5.41, 5.74) is 3.75. The van der Waals surface area contributed by atoms with Gasteiger partial charge in [-0.1, -0.05) is 6.07 Å². The van der Waals surface area contributed by atoms with Crippen LogP contribution >= 0.6 is 0 Å². The van der Waals surface area contributed by atoms with Gasteiger partial charge in [-0.15, -0.1) is 0 Å². The van der Waals surface area contributed by atoms with Crippen LogP contribution in [0.2, 0.25) is 0 Å². The quantitative estimate of drug-likeness (QED) is 0.446. The fraction of sp³-hybridized carbons (Fsp3) is 0.333. The standard InChI is InChI=1S/C24H26N6O2/c1-29(2)10-4-6-22-25-15-17(16-26-22)13-23-27-24-7-3-5-19(30(24)28-23)18-8-9-20-21(14-18)32-12-11-31-20/h3,5,7-9,14-16H,4,6,10-13H2,1-2H3. The minimum absolute atomic E-state index is 0.560. The number of aryl methyl sites for hydroxylation is 1. The van der Waals surface area contributed by atoms with Gasteiger partial charge in [-0.25, -0.2) is 19.5 Å². The first-order valence-corrected chi connectivity index (χ1v) is 10.8. The smallest absolute Gasteiger partial charge is 0.162 e. The van der Waals surface area contributed by atoms with E-state index in [1.54, 1.807) is 0 Å². The lowest BCUT2D eigenvalue weighted by Gasteiger charge is -2.19. The highest BCUT2D eigenvalue weighted by Gasteiger charge is 2.15. The van der Waals surface area contributed by atoms with Gasteiger partial charge in [-0.2, -0.15) is 5.10 Å². The monoisotopic (exact) mass is 430 g/mol. The van der Waals surface area contributed by atoms with Crippen molar-refractivity contribution >= 4 is 5.65 Å². The Labute approximate surface area is 186 Å². The third kappa shape index (κ3) is 4.40. The van der Waals surface area contributed by atoms with Crippen molar-refractivity contribution in [2.45, 2.75) is 19.3 Å². The van der Waals surface area contributed by atoms with Gasteiger partial charge in [-0.3, -0.25) is 0 Å². The third-order valence-electron chi connectivity index (χ3n) is 5.37. The molecule has 8 heteroatoms. The molecular formula is C24H26N6O2. The van der Waals surface area contributed by atoms with E-state index in [2.05, 4.69) is 29.0 Å². The molecule has 0 N–H and O–H groups in total. The number of rotatable bonds is 7. The molecular weight excluding hydrogens is 404 g/mol. The first-order chi connectivity index (χ1) is 15.7. The molecule has 0 saturated heterocycles. The molecule has 4 aromatic rings. The largest absolute Gasteiger partial charge is 0.486 e. The van der Waals surface area contributed by atoms with Crippen LogP contribution < -0.4 is 9.47 Å². The molecule has 0 radical (unpaired) electrons. The van der Waals surface area contributed by atoms with Gasteiger partial charge in [0, 0.05) is 30.8 Å². The fourth-order valence-electron chi connectivity index (χ4n) is 3.78. The molecule has 0 unspecified atom stereocenters. The second-order valence-electron chi connectivity index (χ2n) is 8.16. The van der Waals surface area contributed by atoms with Crippen LogP contribution in [0.15, 0.2) is 48.8 Å². The van der Waals surface area contributed by atoms with E-state index in [-0.39, 0.29) is 0 Å². The number of aromatic nitrogens is 5. The van der Waals surface area contributed by atoms with Crippen LogP contribution in [0.5, 0.6) is 11.5 Å². The molecule has 4 heterocycles. The Morgan fingerprint density at radius 3 is 2.59 bits per heavy atom. The summed E-state index contributed by atoms with van der Waals surface area (Å²) in [5.74, 6) is 3.14. The highest BCUT2D eigenvalue weighted by Crippen LogP contribution is 2.34. The first kappa shape index (κ1) is 20.4. The Morgan fingerprint density at radius 2 is 1.78 bits per heavy atom. The second kappa shape index (κ2) is 8.92. The van der Waals surface area contributed by atoms with Crippen molar-refractivity contribution in [3.05, 3.63) is 66.0 Å². The lowest BCUT2D eigenvalue weighted by Crippen LogP contribution is -2.15. The Balaban J connectivity index is 1.35. The molecule has 8 nitrogen and oxygen atoms in total. The van der Waals surface area contributed by atoms with Gasteiger partial charge in [0.05, 0.1) is 5.69 Å². The molecule has 0 amide bonds. The van der Waals surface area contributed by atoms with Crippen LogP contribution in [0.3, 0.4) is 0 Å². The number of hydrogen-bond donors (Lipinski definition) is 0. The molecule has 5 rings (SSSR count). The highest BCUT2D eigenvalue weighted by molar-refractivity contribution is 5.66. The first-order valence-electron chi connectivity index (χ1n) is 10.8. The van der Waals surface area contributed by atoms with E-state index < -0.39 is 0 Å². The maximum absolute atomic E-state index is 5.74. The zero-order valence-corrected chi connectivity index (χ0v) is 18.4. The molecule has 0 bridgehead atoms. The topological polar surface area (TPSA) is 77.7 Å². The molecule has 0 aliphatic carbocycles. The van der Waals surface area contributed by atoms with Crippen molar-refractivity contribution in [3.8, 4) is 22.8 Å². The van der Waals surface area contributed by atoms with Crippen LogP contribution in [0.25, 0.3) is 16.9 Å². The summed E-state index contributed by atoms with van der Waals surface area (Å²) >= 11 is 0. The number of benzene rings is 1. The van der Waals surface area contributed by atoms with Crippen molar-refractivity contribution in [3.63, 3.8) is 0 Å². The maximum atomic E-state index is 5.74. The number of pyridine rings is 1. The number of ether oxygens (including phenoxy) is 2. The van der Waals surface area contributed by atoms with Crippen molar-refractivity contribution in [1.29, 1.82) is 0 Å². The summed E-state index contributed by atoms with van der Waals surface area (Å²) in [6.45, 7) is 2.17. The molecule has 0 atom stereocenters. The van der Waals surface area contributed by atoms with Crippen LogP contribution in [0.4, 0.5) is 0 Å². The van der Waals surface area contributed by atoms with Gasteiger partial charge in [0.15, 0.2) is 23.0 Å². The Kier molecular flexibility index (Phi) is 5.68. The van der Waals surface area contributed by atoms with Crippen molar-refractivity contribution in [2.75, 3.05) is 33.9 Å². The second-order valence-corrected chi connectivity index (χ2v) is 8.16. The van der Waals surface area contributed by atoms with E-state index in [1.807, 2.05) is 53.3 Å². The molecule has 0 spiro atoms. The van der Waals surface area contributed by atoms with Crippen LogP contribution in [0, 0.1) is 0 Å². The molecule has 3 aromatic heterocycles. The van der Waals surface area contributed by atoms with Gasteiger partial charge >= 0.3 is 0 Å². The van der Waals surface area contributed by atoms with Gasteiger partial charge in [0.2, 0.25) is 0 Å². The van der Waals surface area contributed by atoms with E-state index in [0.717, 1.165) is 65.0 Å². The maximum Gasteiger partial charge on any atom is 0.162 e. The molecule has 164 valence electrons. The summed E-state index contributed by atoms with van der Waals surface area (Å²) < 4.78 is 13.3.